The fraction of sp³-hybridized carbons (Fsp3) is 0.414. The van der Waals surface area contributed by atoms with Crippen LogP contribution < -0.4 is 16.0 Å². The van der Waals surface area contributed by atoms with Gasteiger partial charge in [-0.25, -0.2) is 18.2 Å². The smallest absolute Gasteiger partial charge is 0.272 e. The molecule has 4 rings (SSSR count). The number of nitrogens with one attached hydrogen (secondary N) is 3. The Bertz CT molecular complexity index is 1350. The minimum Gasteiger partial charge on any atom is -0.370 e. The minimum atomic E-state index is -1.45. The van der Waals surface area contributed by atoms with Crippen LogP contribution in [-0.4, -0.2) is 52.1 Å². The lowest BCUT2D eigenvalue weighted by Gasteiger charge is -2.27. The van der Waals surface area contributed by atoms with Crippen molar-refractivity contribution in [2.75, 3.05) is 6.54 Å². The van der Waals surface area contributed by atoms with Crippen molar-refractivity contribution in [3.05, 3.63) is 82.2 Å². The first kappa shape index (κ1) is 29.3. The second-order valence-corrected chi connectivity index (χ2v) is 10.2. The van der Waals surface area contributed by atoms with Crippen LogP contribution in [0.3, 0.4) is 0 Å². The molecule has 1 aromatic carbocycles. The van der Waals surface area contributed by atoms with Gasteiger partial charge in [0.05, 0.1) is 6.54 Å². The third kappa shape index (κ3) is 6.37. The van der Waals surface area contributed by atoms with Gasteiger partial charge in [0.1, 0.15) is 12.9 Å². The number of carbonyl (C=O) groups is 1. The zero-order chi connectivity index (χ0) is 29.0. The number of allylic oxidation sites excluding steroid dienone is 5. The number of halogens is 3. The standard InChI is InChI=1S/C29H35F3N6O2/c1-5-18(3)35-22-8-9-25(17(2)11-22)36-28-37-29(4,34-15-19-7-6-10-33-26(19)39)27(40)38(28)16-21-13-24(32)23(31)12-20(21)14-30/h6-7,9-13,18,26,33-34,39H,5,8,14-16H2,1-4H3,(H,36,37)/b35-22+. The van der Waals surface area contributed by atoms with Crippen molar-refractivity contribution >= 4 is 17.6 Å². The van der Waals surface area contributed by atoms with Crippen LogP contribution >= 0.6 is 0 Å². The quantitative estimate of drug-likeness (QED) is 0.370. The Morgan fingerprint density at radius 3 is 2.67 bits per heavy atom. The van der Waals surface area contributed by atoms with Gasteiger partial charge in [-0.1, -0.05) is 19.1 Å². The van der Waals surface area contributed by atoms with E-state index in [0.717, 1.165) is 35.5 Å². The molecule has 0 fully saturated rings. The van der Waals surface area contributed by atoms with Gasteiger partial charge in [-0.15, -0.1) is 0 Å². The molecule has 3 aliphatic rings. The van der Waals surface area contributed by atoms with E-state index in [1.807, 2.05) is 19.1 Å². The zero-order valence-corrected chi connectivity index (χ0v) is 23.1. The third-order valence-electron chi connectivity index (χ3n) is 7.16. The van der Waals surface area contributed by atoms with E-state index in [-0.39, 0.29) is 36.2 Å². The van der Waals surface area contributed by atoms with Crippen LogP contribution in [0.1, 0.15) is 51.7 Å². The van der Waals surface area contributed by atoms with Crippen molar-refractivity contribution < 1.29 is 23.1 Å². The molecule has 0 bridgehead atoms. The number of dihydropyridines is 1. The Kier molecular flexibility index (Phi) is 8.95. The molecule has 0 spiro atoms. The van der Waals surface area contributed by atoms with Crippen LogP contribution in [0.4, 0.5) is 13.2 Å². The first-order valence-corrected chi connectivity index (χ1v) is 13.3. The van der Waals surface area contributed by atoms with Crippen LogP contribution in [0.25, 0.3) is 0 Å². The number of aliphatic imine (C=N–C) groups is 2. The maximum Gasteiger partial charge on any atom is 0.272 e. The lowest BCUT2D eigenvalue weighted by Crippen LogP contribution is -2.52. The zero-order valence-electron chi connectivity index (χ0n) is 23.1. The molecule has 40 heavy (non-hydrogen) atoms. The van der Waals surface area contributed by atoms with Crippen LogP contribution in [-0.2, 0) is 18.0 Å². The fourth-order valence-corrected chi connectivity index (χ4v) is 4.54. The Balaban J connectivity index is 1.63. The van der Waals surface area contributed by atoms with Crippen molar-refractivity contribution in [1.29, 1.82) is 0 Å². The van der Waals surface area contributed by atoms with Gasteiger partial charge in [0.25, 0.3) is 5.91 Å². The molecule has 0 radical (unpaired) electrons. The van der Waals surface area contributed by atoms with Crippen LogP contribution in [0.2, 0.25) is 0 Å². The van der Waals surface area contributed by atoms with Crippen molar-refractivity contribution in [3.63, 3.8) is 0 Å². The number of carbonyl (C=O) groups excluding carboxylic acids is 1. The number of nitrogens with zero attached hydrogens (tertiary/aromatic N) is 3. The Morgan fingerprint density at radius 2 is 2.02 bits per heavy atom. The highest BCUT2D eigenvalue weighted by molar-refractivity contribution is 6.08. The first-order valence-electron chi connectivity index (χ1n) is 13.3. The van der Waals surface area contributed by atoms with E-state index in [1.54, 1.807) is 25.3 Å². The van der Waals surface area contributed by atoms with Gasteiger partial charge in [0, 0.05) is 30.4 Å². The monoisotopic (exact) mass is 556 g/mol. The molecule has 11 heteroatoms. The van der Waals surface area contributed by atoms with E-state index in [0.29, 0.717) is 12.0 Å². The Hall–Kier alpha value is -3.70. The SMILES string of the molecule is CCC(C)/N=C1/C=C(C)C(NC2=NC(C)(NCC3=CC=CNC3O)C(=O)N2Cc2cc(F)c(F)cc2CF)=CC1. The summed E-state index contributed by atoms with van der Waals surface area (Å²) in [6.07, 6.45) is 9.59. The summed E-state index contributed by atoms with van der Waals surface area (Å²) in [5.41, 5.74) is 1.77. The second kappa shape index (κ2) is 12.2. The summed E-state index contributed by atoms with van der Waals surface area (Å²) in [5, 5.41) is 19.3. The van der Waals surface area contributed by atoms with Gasteiger partial charge >= 0.3 is 0 Å². The van der Waals surface area contributed by atoms with Crippen LogP contribution in [0, 0.1) is 11.6 Å². The van der Waals surface area contributed by atoms with Gasteiger partial charge in [-0.05, 0) is 79.9 Å². The average molecular weight is 557 g/mol. The molecule has 214 valence electrons. The van der Waals surface area contributed by atoms with Crippen molar-refractivity contribution in [1.82, 2.24) is 20.9 Å². The predicted octanol–water partition coefficient (Wildman–Crippen LogP) is 3.86. The van der Waals surface area contributed by atoms with Gasteiger partial charge in [-0.2, -0.15) is 0 Å². The van der Waals surface area contributed by atoms with Gasteiger partial charge in [0.2, 0.25) is 5.96 Å². The summed E-state index contributed by atoms with van der Waals surface area (Å²) in [6.45, 7) is 6.52. The molecule has 1 amide bonds. The van der Waals surface area contributed by atoms with Gasteiger partial charge in [-0.3, -0.25) is 20.0 Å². The number of alkyl halides is 1. The summed E-state index contributed by atoms with van der Waals surface area (Å²) in [4.78, 5) is 24.4. The van der Waals surface area contributed by atoms with Crippen LogP contribution in [0.5, 0.6) is 0 Å². The lowest BCUT2D eigenvalue weighted by atomic mass is 10.0. The molecule has 3 unspecified atom stereocenters. The summed E-state index contributed by atoms with van der Waals surface area (Å²) in [5.74, 6) is -2.59. The Morgan fingerprint density at radius 1 is 1.30 bits per heavy atom. The normalized spacial score (nSPS) is 24.4. The summed E-state index contributed by atoms with van der Waals surface area (Å²) in [6, 6.07) is 1.91. The molecule has 0 aromatic heterocycles. The van der Waals surface area contributed by atoms with E-state index in [4.69, 9.17) is 4.99 Å². The molecule has 0 saturated heterocycles. The maximum absolute atomic E-state index is 14.1. The Labute approximate surface area is 232 Å². The highest BCUT2D eigenvalue weighted by Gasteiger charge is 2.45. The summed E-state index contributed by atoms with van der Waals surface area (Å²) in [7, 11) is 0. The van der Waals surface area contributed by atoms with E-state index >= 15 is 0 Å². The van der Waals surface area contributed by atoms with Crippen molar-refractivity contribution in [2.45, 2.75) is 71.7 Å². The molecule has 8 nitrogen and oxygen atoms in total. The maximum atomic E-state index is 14.1. The summed E-state index contributed by atoms with van der Waals surface area (Å²) < 4.78 is 41.7. The van der Waals surface area contributed by atoms with E-state index in [2.05, 4.69) is 34.8 Å². The van der Waals surface area contributed by atoms with Gasteiger partial charge in [0.15, 0.2) is 17.3 Å². The largest absolute Gasteiger partial charge is 0.370 e. The van der Waals surface area contributed by atoms with Crippen LogP contribution in [0.15, 0.2) is 69.5 Å². The minimum absolute atomic E-state index is 0.0557. The first-order chi connectivity index (χ1) is 19.0. The topological polar surface area (TPSA) is 101 Å². The highest BCUT2D eigenvalue weighted by atomic mass is 19.2. The highest BCUT2D eigenvalue weighted by Crippen LogP contribution is 2.27. The molecule has 1 aliphatic carbocycles. The molecule has 2 heterocycles. The second-order valence-electron chi connectivity index (χ2n) is 10.2. The number of aliphatic hydroxyl groups is 1. The number of guanidine groups is 1. The van der Waals surface area contributed by atoms with Crippen molar-refractivity contribution in [2.24, 2.45) is 9.98 Å². The number of rotatable bonds is 9. The van der Waals surface area contributed by atoms with Crippen molar-refractivity contribution in [3.8, 4) is 0 Å². The van der Waals surface area contributed by atoms with E-state index < -0.39 is 36.1 Å². The molecular formula is C29H35F3N6O2. The number of hydrogen-bond donors (Lipinski definition) is 4. The molecule has 1 aromatic rings. The molecule has 2 aliphatic heterocycles. The summed E-state index contributed by atoms with van der Waals surface area (Å²) >= 11 is 0. The molecular weight excluding hydrogens is 521 g/mol. The van der Waals surface area contributed by atoms with E-state index in [9.17, 15) is 23.1 Å². The fourth-order valence-electron chi connectivity index (χ4n) is 4.54. The molecule has 0 saturated carbocycles. The molecule has 4 N–H and O–H groups in total. The third-order valence-corrected chi connectivity index (χ3v) is 7.16. The predicted molar refractivity (Wildman–Crippen MR) is 149 cm³/mol. The number of amides is 1. The van der Waals surface area contributed by atoms with Gasteiger partial charge < -0.3 is 15.7 Å². The average Bonchev–Trinajstić information content (AvgIpc) is 3.16. The van der Waals surface area contributed by atoms with E-state index in [1.165, 1.54) is 4.90 Å². The number of hydrogen-bond acceptors (Lipinski definition) is 7. The lowest BCUT2D eigenvalue weighted by molar-refractivity contribution is -0.132. The number of benzene rings is 1. The molecule has 3 atom stereocenters. The number of aliphatic hydroxyl groups excluding tert-OH is 1.